The van der Waals surface area contributed by atoms with Crippen LogP contribution in [0.25, 0.3) is 0 Å². The number of thiol groups is 1. The van der Waals surface area contributed by atoms with Crippen LogP contribution in [0, 0.1) is 0 Å². The molecule has 0 heterocycles. The van der Waals surface area contributed by atoms with Crippen LogP contribution < -0.4 is 10.6 Å². The molecule has 0 spiro atoms. The van der Waals surface area contributed by atoms with Crippen molar-refractivity contribution in [3.8, 4) is 0 Å². The molecule has 0 fully saturated rings. The number of carbonyl (C=O) groups is 1. The third kappa shape index (κ3) is 3.53. The molecular weight excluding hydrogens is 244 g/mol. The zero-order chi connectivity index (χ0) is 12.8. The number of rotatable bonds is 4. The molecule has 3 nitrogen and oxygen atoms in total. The van der Waals surface area contributed by atoms with E-state index in [-0.39, 0.29) is 11.7 Å². The van der Waals surface area contributed by atoms with Crippen LogP contribution in [0.15, 0.2) is 54.6 Å². The van der Waals surface area contributed by atoms with E-state index in [1.807, 2.05) is 54.6 Å². The van der Waals surface area contributed by atoms with Crippen molar-refractivity contribution in [1.29, 1.82) is 0 Å². The number of hydrogen-bond acceptors (Lipinski definition) is 3. The Labute approximate surface area is 112 Å². The van der Waals surface area contributed by atoms with Gasteiger partial charge >= 0.3 is 0 Å². The molecule has 0 saturated heterocycles. The summed E-state index contributed by atoms with van der Waals surface area (Å²) < 4.78 is 0. The van der Waals surface area contributed by atoms with E-state index in [0.717, 1.165) is 17.1 Å². The Morgan fingerprint density at radius 2 is 1.44 bits per heavy atom. The van der Waals surface area contributed by atoms with Crippen molar-refractivity contribution in [3.63, 3.8) is 0 Å². The molecule has 2 rings (SSSR count). The van der Waals surface area contributed by atoms with Gasteiger partial charge in [-0.05, 0) is 36.4 Å². The van der Waals surface area contributed by atoms with Gasteiger partial charge in [0.15, 0.2) is 0 Å². The number of nitrogens with one attached hydrogen (secondary N) is 2. The lowest BCUT2D eigenvalue weighted by Crippen LogP contribution is -2.12. The Morgan fingerprint density at radius 1 is 0.889 bits per heavy atom. The quantitative estimate of drug-likeness (QED) is 0.736. The average Bonchev–Trinajstić information content (AvgIpc) is 2.42. The van der Waals surface area contributed by atoms with Gasteiger partial charge in [0.25, 0.3) is 0 Å². The summed E-state index contributed by atoms with van der Waals surface area (Å²) in [6.45, 7) is 0. The summed E-state index contributed by atoms with van der Waals surface area (Å²) >= 11 is 3.91. The highest BCUT2D eigenvalue weighted by Gasteiger charge is 1.99. The third-order valence-electron chi connectivity index (χ3n) is 2.37. The molecule has 18 heavy (non-hydrogen) atoms. The number of hydrogen-bond donors (Lipinski definition) is 3. The van der Waals surface area contributed by atoms with Gasteiger partial charge in [0.05, 0.1) is 5.75 Å². The predicted octanol–water partition coefficient (Wildman–Crippen LogP) is 3.30. The molecule has 2 aromatic carbocycles. The van der Waals surface area contributed by atoms with Crippen molar-refractivity contribution >= 4 is 35.6 Å². The SMILES string of the molecule is O=C(CS)Nc1ccc(Nc2ccccc2)cc1. The van der Waals surface area contributed by atoms with E-state index >= 15 is 0 Å². The Kier molecular flexibility index (Phi) is 4.25. The van der Waals surface area contributed by atoms with Crippen molar-refractivity contribution in [2.75, 3.05) is 16.4 Å². The van der Waals surface area contributed by atoms with Gasteiger partial charge in [-0.15, -0.1) is 0 Å². The van der Waals surface area contributed by atoms with E-state index < -0.39 is 0 Å². The highest BCUT2D eigenvalue weighted by molar-refractivity contribution is 7.81. The van der Waals surface area contributed by atoms with Crippen molar-refractivity contribution in [3.05, 3.63) is 54.6 Å². The minimum atomic E-state index is -0.109. The van der Waals surface area contributed by atoms with Gasteiger partial charge in [-0.3, -0.25) is 4.79 Å². The molecule has 0 aromatic heterocycles. The normalized spacial score (nSPS) is 9.83. The Morgan fingerprint density at radius 3 is 2.06 bits per heavy atom. The van der Waals surface area contributed by atoms with Gasteiger partial charge in [0.2, 0.25) is 5.91 Å². The Balaban J connectivity index is 2.02. The molecule has 0 aliphatic carbocycles. The lowest BCUT2D eigenvalue weighted by atomic mass is 10.2. The maximum atomic E-state index is 11.2. The van der Waals surface area contributed by atoms with Gasteiger partial charge in [-0.25, -0.2) is 0 Å². The van der Waals surface area contributed by atoms with Gasteiger partial charge in [-0.1, -0.05) is 18.2 Å². The first kappa shape index (κ1) is 12.5. The number of para-hydroxylation sites is 1. The largest absolute Gasteiger partial charge is 0.356 e. The maximum Gasteiger partial charge on any atom is 0.234 e. The van der Waals surface area contributed by atoms with E-state index in [4.69, 9.17) is 0 Å². The monoisotopic (exact) mass is 258 g/mol. The Hall–Kier alpha value is -1.94. The van der Waals surface area contributed by atoms with E-state index in [1.54, 1.807) is 0 Å². The molecule has 0 aliphatic rings. The van der Waals surface area contributed by atoms with Crippen LogP contribution in [-0.4, -0.2) is 11.7 Å². The first-order valence-electron chi connectivity index (χ1n) is 5.61. The fraction of sp³-hybridized carbons (Fsp3) is 0.0714. The van der Waals surface area contributed by atoms with Crippen molar-refractivity contribution < 1.29 is 4.79 Å². The summed E-state index contributed by atoms with van der Waals surface area (Å²) in [5.74, 6) is 0.0754. The molecular formula is C14H14N2OS. The topological polar surface area (TPSA) is 41.1 Å². The maximum absolute atomic E-state index is 11.2. The van der Waals surface area contributed by atoms with Gasteiger partial charge in [-0.2, -0.15) is 12.6 Å². The standard InChI is InChI=1S/C14H14N2OS/c17-14(10-18)16-13-8-6-12(7-9-13)15-11-4-2-1-3-5-11/h1-9,15,18H,10H2,(H,16,17). The highest BCUT2D eigenvalue weighted by atomic mass is 32.1. The van der Waals surface area contributed by atoms with Crippen LogP contribution in [0.5, 0.6) is 0 Å². The first-order chi connectivity index (χ1) is 8.78. The summed E-state index contributed by atoms with van der Waals surface area (Å²) in [5, 5.41) is 6.01. The van der Waals surface area contributed by atoms with Crippen LogP contribution in [0.4, 0.5) is 17.1 Å². The molecule has 0 atom stereocenters. The zero-order valence-electron chi connectivity index (χ0n) is 9.76. The lowest BCUT2D eigenvalue weighted by molar-refractivity contribution is -0.113. The predicted molar refractivity (Wildman–Crippen MR) is 78.6 cm³/mol. The molecule has 4 heteroatoms. The number of anilines is 3. The van der Waals surface area contributed by atoms with Crippen molar-refractivity contribution in [1.82, 2.24) is 0 Å². The first-order valence-corrected chi connectivity index (χ1v) is 6.24. The summed E-state index contributed by atoms with van der Waals surface area (Å²) in [6, 6.07) is 17.5. The van der Waals surface area contributed by atoms with Crippen LogP contribution in [-0.2, 0) is 4.79 Å². The fourth-order valence-electron chi connectivity index (χ4n) is 1.53. The second kappa shape index (κ2) is 6.12. The van der Waals surface area contributed by atoms with E-state index in [9.17, 15) is 4.79 Å². The lowest BCUT2D eigenvalue weighted by Gasteiger charge is -2.08. The average molecular weight is 258 g/mol. The molecule has 92 valence electrons. The summed E-state index contributed by atoms with van der Waals surface area (Å²) in [4.78, 5) is 11.2. The molecule has 2 aromatic rings. The van der Waals surface area contributed by atoms with Crippen LogP contribution >= 0.6 is 12.6 Å². The fourth-order valence-corrected chi connectivity index (χ4v) is 1.60. The molecule has 0 unspecified atom stereocenters. The van der Waals surface area contributed by atoms with Gasteiger partial charge in [0, 0.05) is 17.1 Å². The molecule has 1 amide bonds. The van der Waals surface area contributed by atoms with Gasteiger partial charge in [0.1, 0.15) is 0 Å². The summed E-state index contributed by atoms with van der Waals surface area (Å²) in [5.41, 5.74) is 2.78. The Bertz CT molecular complexity index is 511. The summed E-state index contributed by atoms with van der Waals surface area (Å²) in [6.07, 6.45) is 0. The number of benzene rings is 2. The van der Waals surface area contributed by atoms with Crippen LogP contribution in [0.1, 0.15) is 0 Å². The third-order valence-corrected chi connectivity index (χ3v) is 2.66. The molecule has 0 saturated carbocycles. The number of carbonyl (C=O) groups excluding carboxylic acids is 1. The summed E-state index contributed by atoms with van der Waals surface area (Å²) in [7, 11) is 0. The zero-order valence-corrected chi connectivity index (χ0v) is 10.7. The second-order valence-corrected chi connectivity index (χ2v) is 4.09. The number of amides is 1. The van der Waals surface area contributed by atoms with E-state index in [2.05, 4.69) is 23.3 Å². The van der Waals surface area contributed by atoms with Crippen molar-refractivity contribution in [2.45, 2.75) is 0 Å². The smallest absolute Gasteiger partial charge is 0.234 e. The minimum Gasteiger partial charge on any atom is -0.356 e. The van der Waals surface area contributed by atoms with E-state index in [1.165, 1.54) is 0 Å². The highest BCUT2D eigenvalue weighted by Crippen LogP contribution is 2.18. The van der Waals surface area contributed by atoms with Crippen LogP contribution in [0.2, 0.25) is 0 Å². The molecule has 2 N–H and O–H groups in total. The molecule has 0 radical (unpaired) electrons. The van der Waals surface area contributed by atoms with Crippen LogP contribution in [0.3, 0.4) is 0 Å². The van der Waals surface area contributed by atoms with Crippen molar-refractivity contribution in [2.24, 2.45) is 0 Å². The molecule has 0 bridgehead atoms. The molecule has 0 aliphatic heterocycles. The minimum absolute atomic E-state index is 0.109. The van der Waals surface area contributed by atoms with Gasteiger partial charge < -0.3 is 10.6 Å². The second-order valence-electron chi connectivity index (χ2n) is 3.77. The van der Waals surface area contributed by atoms with E-state index in [0.29, 0.717) is 0 Å².